The minimum atomic E-state index is -4.24. The number of hydrogen-bond acceptors (Lipinski definition) is 8. The van der Waals surface area contributed by atoms with E-state index in [4.69, 9.17) is 22.1 Å². The molecule has 0 spiro atoms. The lowest BCUT2D eigenvalue weighted by Crippen LogP contribution is -2.13. The van der Waals surface area contributed by atoms with E-state index < -0.39 is 43.8 Å². The van der Waals surface area contributed by atoms with Gasteiger partial charge in [-0.25, -0.2) is 27.2 Å². The fourth-order valence-corrected chi connectivity index (χ4v) is 5.94. The minimum absolute atomic E-state index is 0.0901. The Balaban J connectivity index is 1.53. The van der Waals surface area contributed by atoms with Crippen molar-refractivity contribution in [2.24, 2.45) is 5.73 Å². The van der Waals surface area contributed by atoms with Gasteiger partial charge in [0.2, 0.25) is 0 Å². The van der Waals surface area contributed by atoms with E-state index >= 15 is 0 Å². The highest BCUT2D eigenvalue weighted by molar-refractivity contribution is 7.90. The van der Waals surface area contributed by atoms with E-state index in [0.29, 0.717) is 33.9 Å². The van der Waals surface area contributed by atoms with E-state index in [2.05, 4.69) is 14.3 Å². The zero-order valence-corrected chi connectivity index (χ0v) is 20.8. The number of fused-ring (bicyclic) bond motifs is 1. The maximum absolute atomic E-state index is 15.0. The lowest BCUT2D eigenvalue weighted by Gasteiger charge is -2.14. The number of nitrogens with zero attached hydrogens (tertiary/aromatic N) is 4. The van der Waals surface area contributed by atoms with E-state index in [1.807, 2.05) is 0 Å². The topological polar surface area (TPSA) is 130 Å². The number of ether oxygens (including phenoxy) is 1. The number of amides is 1. The third-order valence-corrected chi connectivity index (χ3v) is 7.99. The maximum Gasteiger partial charge on any atom is 0.267 e. The number of rotatable bonds is 7. The van der Waals surface area contributed by atoms with E-state index in [0.717, 1.165) is 11.5 Å². The molecule has 3 heterocycles. The number of pyridine rings is 1. The van der Waals surface area contributed by atoms with Crippen LogP contribution in [0.15, 0.2) is 66.1 Å². The minimum Gasteiger partial charge on any atom is -0.454 e. The summed E-state index contributed by atoms with van der Waals surface area (Å²) in [7, 11) is -4.24. The Bertz CT molecular complexity index is 1780. The van der Waals surface area contributed by atoms with Crippen molar-refractivity contribution in [1.29, 1.82) is 0 Å². The van der Waals surface area contributed by atoms with E-state index in [9.17, 15) is 22.0 Å². The van der Waals surface area contributed by atoms with Crippen LogP contribution >= 0.6 is 23.1 Å². The highest BCUT2D eigenvalue weighted by Gasteiger charge is 2.25. The molecule has 1 amide bonds. The van der Waals surface area contributed by atoms with Crippen molar-refractivity contribution in [3.63, 3.8) is 0 Å². The number of primary amides is 1. The van der Waals surface area contributed by atoms with Crippen molar-refractivity contribution in [2.75, 3.05) is 0 Å². The van der Waals surface area contributed by atoms with Gasteiger partial charge in [0.1, 0.15) is 44.9 Å². The smallest absolute Gasteiger partial charge is 0.267 e. The molecule has 14 heteroatoms. The van der Waals surface area contributed by atoms with Crippen LogP contribution in [0.1, 0.15) is 15.5 Å². The summed E-state index contributed by atoms with van der Waals surface area (Å²) in [4.78, 5) is 18.8. The lowest BCUT2D eigenvalue weighted by atomic mass is 10.1. The van der Waals surface area contributed by atoms with Gasteiger partial charge in [-0.05, 0) is 47.9 Å². The molecule has 0 atom stereocenters. The fourth-order valence-electron chi connectivity index (χ4n) is 3.58. The van der Waals surface area contributed by atoms with E-state index in [1.165, 1.54) is 35.1 Å². The van der Waals surface area contributed by atoms with Crippen LogP contribution in [0.2, 0.25) is 5.02 Å². The third-order valence-electron chi connectivity index (χ3n) is 5.27. The molecule has 37 heavy (non-hydrogen) atoms. The largest absolute Gasteiger partial charge is 0.454 e. The number of carbonyl (C=O) groups is 1. The van der Waals surface area contributed by atoms with Gasteiger partial charge in [0.05, 0.1) is 6.20 Å². The molecule has 0 saturated heterocycles. The van der Waals surface area contributed by atoms with Crippen molar-refractivity contribution in [3.8, 4) is 22.6 Å². The van der Waals surface area contributed by atoms with Crippen molar-refractivity contribution in [3.05, 3.63) is 88.5 Å². The molecule has 0 radical (unpaired) electrons. The number of halogens is 3. The first-order valence-corrected chi connectivity index (χ1v) is 13.1. The Morgan fingerprint density at radius 2 is 1.89 bits per heavy atom. The Morgan fingerprint density at radius 3 is 2.62 bits per heavy atom. The first kappa shape index (κ1) is 24.7. The van der Waals surface area contributed by atoms with Gasteiger partial charge < -0.3 is 10.5 Å². The molecule has 188 valence electrons. The molecule has 0 aliphatic heterocycles. The molecule has 2 N–H and O–H groups in total. The number of sulfone groups is 1. The number of benzene rings is 2. The summed E-state index contributed by atoms with van der Waals surface area (Å²) < 4.78 is 65.9. The van der Waals surface area contributed by atoms with Crippen LogP contribution in [0, 0.1) is 11.6 Å². The molecule has 3 aromatic heterocycles. The molecule has 0 aliphatic rings. The number of carbonyl (C=O) groups excluding carboxylic acids is 1. The molecule has 0 aliphatic carbocycles. The standard InChI is InChI=1S/C23H14ClF2N5O4S2/c24-13-2-3-18(14(5-13)12-1-4-21-28-8-17(23(27)32)31(21)9-12)35-19-6-16(26)20(7-15(19)25)37(33,34)10-22-29-11-30-36-22/h1-9,11H,10H2,(H2,27,32). The highest BCUT2D eigenvalue weighted by atomic mass is 35.5. The summed E-state index contributed by atoms with van der Waals surface area (Å²) >= 11 is 7.02. The summed E-state index contributed by atoms with van der Waals surface area (Å²) in [6, 6.07) is 8.99. The Kier molecular flexibility index (Phi) is 6.35. The van der Waals surface area contributed by atoms with Gasteiger partial charge in [0.15, 0.2) is 21.4 Å². The molecule has 5 aromatic rings. The molecule has 5 rings (SSSR count). The quantitative estimate of drug-likeness (QED) is 0.306. The second-order valence-corrected chi connectivity index (χ2v) is 11.0. The monoisotopic (exact) mass is 561 g/mol. The number of hydrogen-bond donors (Lipinski definition) is 1. The number of aromatic nitrogens is 4. The maximum atomic E-state index is 15.0. The van der Waals surface area contributed by atoms with Gasteiger partial charge in [-0.3, -0.25) is 9.20 Å². The molecule has 2 aromatic carbocycles. The average molecular weight is 562 g/mol. The van der Waals surface area contributed by atoms with Crippen molar-refractivity contribution < 1.29 is 26.7 Å². The van der Waals surface area contributed by atoms with Crippen LogP contribution in [0.3, 0.4) is 0 Å². The summed E-state index contributed by atoms with van der Waals surface area (Å²) in [5.41, 5.74) is 6.89. The second-order valence-electron chi connectivity index (χ2n) is 7.70. The molecular formula is C23H14ClF2N5O4S2. The average Bonchev–Trinajstić information content (AvgIpc) is 3.51. The molecular weight excluding hydrogens is 548 g/mol. The van der Waals surface area contributed by atoms with Crippen LogP contribution in [0.25, 0.3) is 16.8 Å². The van der Waals surface area contributed by atoms with E-state index in [1.54, 1.807) is 18.3 Å². The van der Waals surface area contributed by atoms with Crippen molar-refractivity contribution in [2.45, 2.75) is 10.6 Å². The molecule has 0 bridgehead atoms. The van der Waals surface area contributed by atoms with Gasteiger partial charge in [0.25, 0.3) is 5.91 Å². The van der Waals surface area contributed by atoms with Crippen LogP contribution in [-0.2, 0) is 15.6 Å². The first-order chi connectivity index (χ1) is 17.6. The lowest BCUT2D eigenvalue weighted by molar-refractivity contribution is 0.0994. The van der Waals surface area contributed by atoms with Gasteiger partial charge in [-0.15, -0.1) is 0 Å². The van der Waals surface area contributed by atoms with Crippen LogP contribution in [0.5, 0.6) is 11.5 Å². The normalized spacial score (nSPS) is 11.6. The highest BCUT2D eigenvalue weighted by Crippen LogP contribution is 2.37. The van der Waals surface area contributed by atoms with Crippen molar-refractivity contribution in [1.82, 2.24) is 18.7 Å². The number of imidazole rings is 1. The summed E-state index contributed by atoms with van der Waals surface area (Å²) in [5.74, 6) is -4.06. The third kappa shape index (κ3) is 4.88. The van der Waals surface area contributed by atoms with Gasteiger partial charge in [-0.1, -0.05) is 11.6 Å². The zero-order chi connectivity index (χ0) is 26.3. The second kappa shape index (κ2) is 9.50. The van der Waals surface area contributed by atoms with Crippen LogP contribution in [0.4, 0.5) is 8.78 Å². The Labute approximate surface area is 217 Å². The molecule has 9 nitrogen and oxygen atoms in total. The van der Waals surface area contributed by atoms with Gasteiger partial charge in [0, 0.05) is 28.4 Å². The molecule has 0 fully saturated rings. The van der Waals surface area contributed by atoms with Gasteiger partial charge in [-0.2, -0.15) is 4.37 Å². The van der Waals surface area contributed by atoms with Gasteiger partial charge >= 0.3 is 0 Å². The van der Waals surface area contributed by atoms with Crippen LogP contribution < -0.4 is 10.5 Å². The first-order valence-electron chi connectivity index (χ1n) is 10.3. The summed E-state index contributed by atoms with van der Waals surface area (Å²) in [6.07, 6.45) is 4.07. The SMILES string of the molecule is NC(=O)c1cnc2ccc(-c3cc(Cl)ccc3Oc3cc(F)c(S(=O)(=O)Cc4ncns4)cc3F)cn12. The summed E-state index contributed by atoms with van der Waals surface area (Å²) in [5, 5.41) is 0.466. The molecule has 0 unspecified atom stereocenters. The molecule has 0 saturated carbocycles. The Hall–Kier alpha value is -3.94. The fraction of sp³-hybridized carbons (Fsp3) is 0.0435. The summed E-state index contributed by atoms with van der Waals surface area (Å²) in [6.45, 7) is 0. The Morgan fingerprint density at radius 1 is 1.08 bits per heavy atom. The zero-order valence-electron chi connectivity index (χ0n) is 18.4. The predicted octanol–water partition coefficient (Wildman–Crippen LogP) is 4.65. The van der Waals surface area contributed by atoms with Crippen LogP contribution in [-0.4, -0.2) is 33.1 Å². The predicted molar refractivity (Wildman–Crippen MR) is 131 cm³/mol. The van der Waals surface area contributed by atoms with E-state index in [-0.39, 0.29) is 16.5 Å². The van der Waals surface area contributed by atoms with Crippen molar-refractivity contribution >= 4 is 44.5 Å². The number of nitrogens with two attached hydrogens (primary N) is 1.